The van der Waals surface area contributed by atoms with Gasteiger partial charge in [0.15, 0.2) is 0 Å². The van der Waals surface area contributed by atoms with Gasteiger partial charge in [0.05, 0.1) is 35.9 Å². The first-order valence-corrected chi connectivity index (χ1v) is 10.0. The van der Waals surface area contributed by atoms with Crippen LogP contribution < -0.4 is 9.47 Å². The summed E-state index contributed by atoms with van der Waals surface area (Å²) in [6.45, 7) is 0.263. The standard InChI is InChI=1S/C23H18ClN3O5/c1-31-19-9-10-21-20(13-19)23(32-22(28)12-15-5-7-17(24)8-6-15)25-26(21)14-16-3-2-4-18(11-16)27(29)30/h2-11,13H,12,14H2,1H3. The zero-order chi connectivity index (χ0) is 22.7. The highest BCUT2D eigenvalue weighted by Gasteiger charge is 2.17. The van der Waals surface area contributed by atoms with Gasteiger partial charge in [-0.05, 0) is 41.5 Å². The van der Waals surface area contributed by atoms with Crippen molar-refractivity contribution in [3.05, 3.63) is 93.0 Å². The number of esters is 1. The molecule has 1 heterocycles. The molecular weight excluding hydrogens is 434 g/mol. The number of nitro benzene ring substituents is 1. The van der Waals surface area contributed by atoms with Crippen LogP contribution in [0.3, 0.4) is 0 Å². The Bertz CT molecular complexity index is 1300. The van der Waals surface area contributed by atoms with Crippen molar-refractivity contribution >= 4 is 34.2 Å². The topological polar surface area (TPSA) is 96.5 Å². The summed E-state index contributed by atoms with van der Waals surface area (Å²) < 4.78 is 12.5. The van der Waals surface area contributed by atoms with E-state index in [4.69, 9.17) is 21.1 Å². The minimum Gasteiger partial charge on any atom is -0.497 e. The van der Waals surface area contributed by atoms with E-state index in [2.05, 4.69) is 5.10 Å². The van der Waals surface area contributed by atoms with Crippen molar-refractivity contribution in [1.82, 2.24) is 9.78 Å². The third-order valence-corrected chi connectivity index (χ3v) is 5.10. The molecule has 0 aliphatic rings. The number of rotatable bonds is 7. The van der Waals surface area contributed by atoms with Crippen LogP contribution in [0.15, 0.2) is 66.7 Å². The lowest BCUT2D eigenvalue weighted by Crippen LogP contribution is -2.12. The molecule has 0 saturated heterocycles. The Balaban J connectivity index is 1.64. The first-order chi connectivity index (χ1) is 15.4. The molecular formula is C23H18ClN3O5. The zero-order valence-corrected chi connectivity index (χ0v) is 17.8. The molecule has 9 heteroatoms. The van der Waals surface area contributed by atoms with Crippen LogP contribution in [0.2, 0.25) is 5.02 Å². The maximum atomic E-state index is 12.5. The summed E-state index contributed by atoms with van der Waals surface area (Å²) in [5.74, 6) is 0.253. The van der Waals surface area contributed by atoms with Crippen molar-refractivity contribution in [1.29, 1.82) is 0 Å². The van der Waals surface area contributed by atoms with Gasteiger partial charge in [0.25, 0.3) is 5.69 Å². The summed E-state index contributed by atoms with van der Waals surface area (Å²) in [4.78, 5) is 23.2. The van der Waals surface area contributed by atoms with Gasteiger partial charge in [0.2, 0.25) is 5.88 Å². The molecule has 0 aliphatic carbocycles. The van der Waals surface area contributed by atoms with Crippen molar-refractivity contribution in [3.63, 3.8) is 0 Å². The van der Waals surface area contributed by atoms with Crippen LogP contribution in [-0.2, 0) is 17.8 Å². The molecule has 162 valence electrons. The van der Waals surface area contributed by atoms with Gasteiger partial charge in [-0.1, -0.05) is 35.9 Å². The molecule has 0 amide bonds. The number of hydrogen-bond donors (Lipinski definition) is 0. The predicted octanol–water partition coefficient (Wildman–Crippen LogP) is 4.80. The van der Waals surface area contributed by atoms with Gasteiger partial charge < -0.3 is 9.47 Å². The molecule has 0 spiro atoms. The Morgan fingerprint density at radius 1 is 1.09 bits per heavy atom. The summed E-state index contributed by atoms with van der Waals surface area (Å²) in [6.07, 6.45) is 0.0559. The van der Waals surface area contributed by atoms with Gasteiger partial charge in [-0.15, -0.1) is 5.10 Å². The number of nitro groups is 1. The average Bonchev–Trinajstić information content (AvgIpc) is 3.11. The number of carbonyl (C=O) groups is 1. The number of nitrogens with zero attached hydrogens (tertiary/aromatic N) is 3. The number of carbonyl (C=O) groups excluding carboxylic acids is 1. The minimum atomic E-state index is -0.475. The van der Waals surface area contributed by atoms with Gasteiger partial charge in [0, 0.05) is 17.2 Å². The van der Waals surface area contributed by atoms with E-state index in [1.165, 1.54) is 12.1 Å². The molecule has 4 aromatic rings. The molecule has 0 N–H and O–H groups in total. The van der Waals surface area contributed by atoms with Crippen LogP contribution in [0.25, 0.3) is 10.9 Å². The van der Waals surface area contributed by atoms with Crippen molar-refractivity contribution < 1.29 is 19.2 Å². The average molecular weight is 452 g/mol. The normalized spacial score (nSPS) is 10.8. The molecule has 3 aromatic carbocycles. The lowest BCUT2D eigenvalue weighted by Gasteiger charge is -2.04. The molecule has 0 saturated carbocycles. The summed E-state index contributed by atoms with van der Waals surface area (Å²) in [6, 6.07) is 18.5. The van der Waals surface area contributed by atoms with E-state index in [9.17, 15) is 14.9 Å². The predicted molar refractivity (Wildman–Crippen MR) is 119 cm³/mol. The van der Waals surface area contributed by atoms with Crippen molar-refractivity contribution in [2.45, 2.75) is 13.0 Å². The third-order valence-electron chi connectivity index (χ3n) is 4.85. The van der Waals surface area contributed by atoms with Crippen molar-refractivity contribution in [3.8, 4) is 11.6 Å². The van der Waals surface area contributed by atoms with Crippen LogP contribution in [-0.4, -0.2) is 27.8 Å². The van der Waals surface area contributed by atoms with Crippen molar-refractivity contribution in [2.75, 3.05) is 7.11 Å². The number of ether oxygens (including phenoxy) is 2. The lowest BCUT2D eigenvalue weighted by atomic mass is 10.1. The molecule has 1 aromatic heterocycles. The van der Waals surface area contributed by atoms with Crippen LogP contribution in [0, 0.1) is 10.1 Å². The number of benzene rings is 3. The second kappa shape index (κ2) is 9.07. The number of methoxy groups -OCH3 is 1. The quantitative estimate of drug-likeness (QED) is 0.227. The molecule has 0 aliphatic heterocycles. The highest BCUT2D eigenvalue weighted by Crippen LogP contribution is 2.30. The van der Waals surface area contributed by atoms with E-state index in [1.54, 1.807) is 66.4 Å². The number of aromatic nitrogens is 2. The van der Waals surface area contributed by atoms with Gasteiger partial charge >= 0.3 is 5.97 Å². The van der Waals surface area contributed by atoms with Crippen LogP contribution in [0.5, 0.6) is 11.6 Å². The van der Waals surface area contributed by atoms with Crippen LogP contribution in [0.1, 0.15) is 11.1 Å². The Hall–Kier alpha value is -3.91. The van der Waals surface area contributed by atoms with E-state index in [0.717, 1.165) is 5.56 Å². The Morgan fingerprint density at radius 3 is 2.59 bits per heavy atom. The first kappa shape index (κ1) is 21.3. The van der Waals surface area contributed by atoms with Crippen molar-refractivity contribution in [2.24, 2.45) is 0 Å². The number of fused-ring (bicyclic) bond motifs is 1. The molecule has 0 unspecified atom stereocenters. The third kappa shape index (κ3) is 4.70. The Labute approximate surface area is 188 Å². The molecule has 0 atom stereocenters. The number of hydrogen-bond acceptors (Lipinski definition) is 6. The van der Waals surface area contributed by atoms with Gasteiger partial charge in [-0.25, -0.2) is 0 Å². The molecule has 0 fully saturated rings. The maximum Gasteiger partial charge on any atom is 0.317 e. The van der Waals surface area contributed by atoms with E-state index in [1.807, 2.05) is 0 Å². The fraction of sp³-hybridized carbons (Fsp3) is 0.130. The van der Waals surface area contributed by atoms with Crippen LogP contribution >= 0.6 is 11.6 Å². The summed E-state index contributed by atoms with van der Waals surface area (Å²) in [7, 11) is 1.54. The van der Waals surface area contributed by atoms with E-state index >= 15 is 0 Å². The monoisotopic (exact) mass is 451 g/mol. The van der Waals surface area contributed by atoms with Gasteiger partial charge in [-0.2, -0.15) is 0 Å². The Kier molecular flexibility index (Phi) is 6.04. The Morgan fingerprint density at radius 2 is 1.88 bits per heavy atom. The molecule has 4 rings (SSSR count). The second-order valence-electron chi connectivity index (χ2n) is 7.05. The maximum absolute atomic E-state index is 12.5. The summed E-state index contributed by atoms with van der Waals surface area (Å²) >= 11 is 5.89. The molecule has 32 heavy (non-hydrogen) atoms. The zero-order valence-electron chi connectivity index (χ0n) is 17.0. The highest BCUT2D eigenvalue weighted by atomic mass is 35.5. The van der Waals surface area contributed by atoms with Gasteiger partial charge in [0.1, 0.15) is 5.75 Å². The smallest absolute Gasteiger partial charge is 0.317 e. The molecule has 0 radical (unpaired) electrons. The summed E-state index contributed by atoms with van der Waals surface area (Å²) in [5, 5.41) is 16.7. The number of halogens is 1. The van der Waals surface area contributed by atoms with E-state index in [-0.39, 0.29) is 24.5 Å². The second-order valence-corrected chi connectivity index (χ2v) is 7.49. The fourth-order valence-corrected chi connectivity index (χ4v) is 3.43. The number of non-ortho nitro benzene ring substituents is 1. The van der Waals surface area contributed by atoms with Crippen LogP contribution in [0.4, 0.5) is 5.69 Å². The highest BCUT2D eigenvalue weighted by molar-refractivity contribution is 6.30. The first-order valence-electron chi connectivity index (χ1n) is 9.66. The van der Waals surface area contributed by atoms with Gasteiger partial charge in [-0.3, -0.25) is 19.6 Å². The largest absolute Gasteiger partial charge is 0.497 e. The molecule has 8 nitrogen and oxygen atoms in total. The van der Waals surface area contributed by atoms with E-state index in [0.29, 0.717) is 27.2 Å². The SMILES string of the molecule is COc1ccc2c(c1)c(OC(=O)Cc1ccc(Cl)cc1)nn2Cc1cccc([N+](=O)[O-])c1. The lowest BCUT2D eigenvalue weighted by molar-refractivity contribution is -0.384. The minimum absolute atomic E-state index is 0.00440. The summed E-state index contributed by atoms with van der Waals surface area (Å²) in [5.41, 5.74) is 2.15. The van der Waals surface area contributed by atoms with E-state index < -0.39 is 10.9 Å². The molecule has 0 bridgehead atoms. The fourth-order valence-electron chi connectivity index (χ4n) is 3.31.